The number of aliphatic imine (C=N–C) groups is 1. The van der Waals surface area contributed by atoms with Gasteiger partial charge in [0.25, 0.3) is 0 Å². The third kappa shape index (κ3) is 5.97. The Labute approximate surface area is 130 Å². The SMILES string of the molecule is CCNC(=NCc1ccon1)NCCOCc1ccccc1. The summed E-state index contributed by atoms with van der Waals surface area (Å²) in [6.45, 7) is 5.24. The summed E-state index contributed by atoms with van der Waals surface area (Å²) >= 11 is 0. The van der Waals surface area contributed by atoms with Gasteiger partial charge in [-0.05, 0) is 12.5 Å². The van der Waals surface area contributed by atoms with Gasteiger partial charge in [0.05, 0.1) is 19.8 Å². The number of rotatable bonds is 8. The Balaban J connectivity index is 1.66. The summed E-state index contributed by atoms with van der Waals surface area (Å²) in [6.07, 6.45) is 1.54. The van der Waals surface area contributed by atoms with Gasteiger partial charge in [0.2, 0.25) is 0 Å². The summed E-state index contributed by atoms with van der Waals surface area (Å²) in [4.78, 5) is 4.43. The standard InChI is InChI=1S/C16H22N4O2/c1-2-17-16(19-12-15-8-10-22-20-15)18-9-11-21-13-14-6-4-3-5-7-14/h3-8,10H,2,9,11-13H2,1H3,(H2,17,18,19). The van der Waals surface area contributed by atoms with E-state index in [1.165, 1.54) is 5.56 Å². The Morgan fingerprint density at radius 2 is 2.09 bits per heavy atom. The first kappa shape index (κ1) is 16.0. The summed E-state index contributed by atoms with van der Waals surface area (Å²) in [6, 6.07) is 11.9. The second kappa shape index (κ2) is 9.57. The van der Waals surface area contributed by atoms with Crippen molar-refractivity contribution in [1.29, 1.82) is 0 Å². The van der Waals surface area contributed by atoms with Crippen LogP contribution >= 0.6 is 0 Å². The second-order valence-corrected chi connectivity index (χ2v) is 4.65. The van der Waals surface area contributed by atoms with Crippen molar-refractivity contribution in [2.45, 2.75) is 20.1 Å². The first-order chi connectivity index (χ1) is 10.9. The van der Waals surface area contributed by atoms with Crippen LogP contribution in [0.5, 0.6) is 0 Å². The lowest BCUT2D eigenvalue weighted by atomic mass is 10.2. The molecule has 0 aliphatic heterocycles. The highest BCUT2D eigenvalue weighted by atomic mass is 16.5. The van der Waals surface area contributed by atoms with Gasteiger partial charge in [-0.15, -0.1) is 0 Å². The number of nitrogens with zero attached hydrogens (tertiary/aromatic N) is 2. The predicted octanol–water partition coefficient (Wildman–Crippen LogP) is 1.95. The van der Waals surface area contributed by atoms with Gasteiger partial charge in [0.1, 0.15) is 12.0 Å². The van der Waals surface area contributed by atoms with E-state index in [4.69, 9.17) is 9.26 Å². The maximum atomic E-state index is 5.63. The number of benzene rings is 1. The Bertz CT molecular complexity index is 541. The lowest BCUT2D eigenvalue weighted by Crippen LogP contribution is -2.39. The molecule has 0 saturated heterocycles. The van der Waals surface area contributed by atoms with Crippen LogP contribution in [0.4, 0.5) is 0 Å². The molecule has 0 aliphatic carbocycles. The van der Waals surface area contributed by atoms with Crippen LogP contribution in [0.15, 0.2) is 52.2 Å². The number of hydrogen-bond donors (Lipinski definition) is 2. The molecule has 2 N–H and O–H groups in total. The number of aromatic nitrogens is 1. The molecule has 118 valence electrons. The molecular formula is C16H22N4O2. The molecule has 0 unspecified atom stereocenters. The zero-order chi connectivity index (χ0) is 15.5. The van der Waals surface area contributed by atoms with Gasteiger partial charge in [-0.25, -0.2) is 4.99 Å². The average Bonchev–Trinajstić information content (AvgIpc) is 3.06. The number of hydrogen-bond acceptors (Lipinski definition) is 4. The minimum absolute atomic E-state index is 0.483. The monoisotopic (exact) mass is 302 g/mol. The zero-order valence-corrected chi connectivity index (χ0v) is 12.8. The number of ether oxygens (including phenoxy) is 1. The van der Waals surface area contributed by atoms with Gasteiger partial charge in [-0.2, -0.15) is 0 Å². The average molecular weight is 302 g/mol. The lowest BCUT2D eigenvalue weighted by molar-refractivity contribution is 0.125. The molecule has 6 heteroatoms. The third-order valence-corrected chi connectivity index (χ3v) is 2.89. The highest BCUT2D eigenvalue weighted by Gasteiger charge is 1.99. The van der Waals surface area contributed by atoms with E-state index in [9.17, 15) is 0 Å². The fourth-order valence-corrected chi connectivity index (χ4v) is 1.83. The Kier molecular flexibility index (Phi) is 6.98. The summed E-state index contributed by atoms with van der Waals surface area (Å²) < 4.78 is 10.4. The van der Waals surface area contributed by atoms with Crippen molar-refractivity contribution in [3.63, 3.8) is 0 Å². The van der Waals surface area contributed by atoms with Crippen LogP contribution in [0.3, 0.4) is 0 Å². The van der Waals surface area contributed by atoms with Gasteiger partial charge >= 0.3 is 0 Å². The molecule has 0 atom stereocenters. The van der Waals surface area contributed by atoms with Gasteiger partial charge in [-0.1, -0.05) is 35.5 Å². The lowest BCUT2D eigenvalue weighted by Gasteiger charge is -2.11. The minimum Gasteiger partial charge on any atom is -0.375 e. The molecule has 22 heavy (non-hydrogen) atoms. The summed E-state index contributed by atoms with van der Waals surface area (Å²) in [5.41, 5.74) is 1.98. The largest absolute Gasteiger partial charge is 0.375 e. The Morgan fingerprint density at radius 3 is 2.82 bits per heavy atom. The van der Waals surface area contributed by atoms with Crippen LogP contribution in [-0.4, -0.2) is 30.8 Å². The Morgan fingerprint density at radius 1 is 1.23 bits per heavy atom. The normalized spacial score (nSPS) is 11.4. The molecular weight excluding hydrogens is 280 g/mol. The smallest absolute Gasteiger partial charge is 0.191 e. The predicted molar refractivity (Wildman–Crippen MR) is 85.4 cm³/mol. The summed E-state index contributed by atoms with van der Waals surface area (Å²) in [7, 11) is 0. The highest BCUT2D eigenvalue weighted by Crippen LogP contribution is 1.99. The highest BCUT2D eigenvalue weighted by molar-refractivity contribution is 5.79. The zero-order valence-electron chi connectivity index (χ0n) is 12.8. The summed E-state index contributed by atoms with van der Waals surface area (Å²) in [5, 5.41) is 10.2. The molecule has 0 aliphatic rings. The van der Waals surface area contributed by atoms with Gasteiger partial charge in [0.15, 0.2) is 5.96 Å². The van der Waals surface area contributed by atoms with E-state index in [1.807, 2.05) is 25.1 Å². The molecule has 1 heterocycles. The van der Waals surface area contributed by atoms with Crippen LogP contribution in [0, 0.1) is 0 Å². The van der Waals surface area contributed by atoms with Crippen LogP contribution < -0.4 is 10.6 Å². The van der Waals surface area contributed by atoms with Crippen molar-refractivity contribution in [1.82, 2.24) is 15.8 Å². The van der Waals surface area contributed by atoms with Crippen molar-refractivity contribution in [3.8, 4) is 0 Å². The maximum absolute atomic E-state index is 5.63. The molecule has 2 aromatic rings. The first-order valence-electron chi connectivity index (χ1n) is 7.41. The number of guanidine groups is 1. The molecule has 0 saturated carbocycles. The fraction of sp³-hybridized carbons (Fsp3) is 0.375. The Hall–Kier alpha value is -2.34. The van der Waals surface area contributed by atoms with Gasteiger partial charge < -0.3 is 19.9 Å². The summed E-state index contributed by atoms with van der Waals surface area (Å²) in [5.74, 6) is 0.744. The van der Waals surface area contributed by atoms with Crippen LogP contribution in [-0.2, 0) is 17.9 Å². The van der Waals surface area contributed by atoms with Crippen molar-refractivity contribution < 1.29 is 9.26 Å². The van der Waals surface area contributed by atoms with Crippen LogP contribution in [0.25, 0.3) is 0 Å². The number of nitrogens with one attached hydrogen (secondary N) is 2. The third-order valence-electron chi connectivity index (χ3n) is 2.89. The van der Waals surface area contributed by atoms with Crippen molar-refractivity contribution >= 4 is 5.96 Å². The van der Waals surface area contributed by atoms with E-state index in [2.05, 4.69) is 32.9 Å². The van der Waals surface area contributed by atoms with Gasteiger partial charge in [0, 0.05) is 19.2 Å². The van der Waals surface area contributed by atoms with Crippen molar-refractivity contribution in [2.24, 2.45) is 4.99 Å². The maximum Gasteiger partial charge on any atom is 0.191 e. The fourth-order valence-electron chi connectivity index (χ4n) is 1.83. The second-order valence-electron chi connectivity index (χ2n) is 4.65. The van der Waals surface area contributed by atoms with Crippen LogP contribution in [0.2, 0.25) is 0 Å². The first-order valence-corrected chi connectivity index (χ1v) is 7.41. The molecule has 0 amide bonds. The van der Waals surface area contributed by atoms with E-state index in [0.29, 0.717) is 26.3 Å². The molecule has 0 bridgehead atoms. The molecule has 6 nitrogen and oxygen atoms in total. The van der Waals surface area contributed by atoms with Crippen molar-refractivity contribution in [3.05, 3.63) is 53.9 Å². The minimum atomic E-state index is 0.483. The van der Waals surface area contributed by atoms with E-state index in [-0.39, 0.29) is 0 Å². The molecule has 1 aromatic carbocycles. The van der Waals surface area contributed by atoms with E-state index in [0.717, 1.165) is 18.2 Å². The van der Waals surface area contributed by atoms with Crippen LogP contribution in [0.1, 0.15) is 18.2 Å². The van der Waals surface area contributed by atoms with Gasteiger partial charge in [-0.3, -0.25) is 0 Å². The molecule has 0 radical (unpaired) electrons. The topological polar surface area (TPSA) is 71.7 Å². The van der Waals surface area contributed by atoms with E-state index >= 15 is 0 Å². The quantitative estimate of drug-likeness (QED) is 0.443. The molecule has 1 aromatic heterocycles. The van der Waals surface area contributed by atoms with E-state index in [1.54, 1.807) is 12.3 Å². The van der Waals surface area contributed by atoms with Crippen molar-refractivity contribution in [2.75, 3.05) is 19.7 Å². The molecule has 2 rings (SSSR count). The molecule has 0 spiro atoms. The van der Waals surface area contributed by atoms with E-state index < -0.39 is 0 Å². The molecule has 0 fully saturated rings.